The molecule has 3 nitrogen and oxygen atoms in total. The highest BCUT2D eigenvalue weighted by atomic mass is 35.5. The first-order valence-corrected chi connectivity index (χ1v) is 7.94. The fourth-order valence-electron chi connectivity index (χ4n) is 3.69. The van der Waals surface area contributed by atoms with Gasteiger partial charge in [-0.25, -0.2) is 0 Å². The molecule has 4 heteroatoms. The van der Waals surface area contributed by atoms with Crippen LogP contribution in [0.3, 0.4) is 0 Å². The van der Waals surface area contributed by atoms with Crippen molar-refractivity contribution in [1.82, 2.24) is 4.90 Å². The Balaban J connectivity index is 2.00. The molecule has 0 unspecified atom stereocenters. The maximum atomic E-state index is 11.5. The smallest absolute Gasteiger partial charge is 0.152 e. The lowest BCUT2D eigenvalue weighted by atomic mass is 9.73. The second kappa shape index (κ2) is 4.98. The van der Waals surface area contributed by atoms with Crippen molar-refractivity contribution < 1.29 is 9.84 Å². The quantitative estimate of drug-likeness (QED) is 0.803. The second-order valence-electron chi connectivity index (χ2n) is 6.25. The molecule has 0 amide bonds. The summed E-state index contributed by atoms with van der Waals surface area (Å²) in [6.45, 7) is 1.64. The molecule has 0 saturated carbocycles. The minimum absolute atomic E-state index is 0.0258. The number of halogens is 1. The van der Waals surface area contributed by atoms with Crippen molar-refractivity contribution in [2.24, 2.45) is 0 Å². The van der Waals surface area contributed by atoms with Gasteiger partial charge in [0, 0.05) is 30.1 Å². The summed E-state index contributed by atoms with van der Waals surface area (Å²) in [5.74, 6) is 1.35. The minimum Gasteiger partial charge on any atom is -0.455 e. The molecule has 0 spiro atoms. The standard InChI is InChI=1S/C18H18ClNO2/c1-20-10-9-18(21)13-6-4-7-15(19)17(13)22-16-8-3-2-5-12(16)14(18)11-20/h2-8,14,21H,9-11H2,1H3/t14-,18-/m0/s1. The highest BCUT2D eigenvalue weighted by molar-refractivity contribution is 6.32. The summed E-state index contributed by atoms with van der Waals surface area (Å²) in [5.41, 5.74) is 0.900. The van der Waals surface area contributed by atoms with Crippen molar-refractivity contribution >= 4 is 11.6 Å². The van der Waals surface area contributed by atoms with Crippen molar-refractivity contribution in [3.05, 3.63) is 58.6 Å². The maximum Gasteiger partial charge on any atom is 0.152 e. The number of ether oxygens (including phenoxy) is 1. The van der Waals surface area contributed by atoms with Crippen molar-refractivity contribution in [3.8, 4) is 11.5 Å². The summed E-state index contributed by atoms with van der Waals surface area (Å²) >= 11 is 6.36. The number of nitrogens with zero attached hydrogens (tertiary/aromatic N) is 1. The fraction of sp³-hybridized carbons (Fsp3) is 0.333. The van der Waals surface area contributed by atoms with Gasteiger partial charge >= 0.3 is 0 Å². The zero-order valence-corrected chi connectivity index (χ0v) is 13.2. The zero-order chi connectivity index (χ0) is 15.3. The van der Waals surface area contributed by atoms with Crippen LogP contribution >= 0.6 is 11.6 Å². The van der Waals surface area contributed by atoms with E-state index in [4.69, 9.17) is 16.3 Å². The molecular weight excluding hydrogens is 298 g/mol. The molecule has 1 fully saturated rings. The molecule has 2 atom stereocenters. The summed E-state index contributed by atoms with van der Waals surface area (Å²) in [5, 5.41) is 12.1. The fourth-order valence-corrected chi connectivity index (χ4v) is 3.91. The van der Waals surface area contributed by atoms with Gasteiger partial charge in [0.1, 0.15) is 11.4 Å². The predicted octanol–water partition coefficient (Wildman–Crippen LogP) is 3.75. The number of para-hydroxylation sites is 2. The van der Waals surface area contributed by atoms with E-state index < -0.39 is 5.60 Å². The van der Waals surface area contributed by atoms with Crippen LogP contribution in [-0.2, 0) is 5.60 Å². The molecule has 2 heterocycles. The lowest BCUT2D eigenvalue weighted by molar-refractivity contribution is -0.0410. The van der Waals surface area contributed by atoms with E-state index in [-0.39, 0.29) is 5.92 Å². The van der Waals surface area contributed by atoms with E-state index in [1.54, 1.807) is 0 Å². The molecule has 22 heavy (non-hydrogen) atoms. The molecule has 0 radical (unpaired) electrons. The van der Waals surface area contributed by atoms with Crippen molar-refractivity contribution in [2.75, 3.05) is 20.1 Å². The van der Waals surface area contributed by atoms with E-state index >= 15 is 0 Å². The van der Waals surface area contributed by atoms with Crippen molar-refractivity contribution in [3.63, 3.8) is 0 Å². The van der Waals surface area contributed by atoms with Crippen LogP contribution in [0.5, 0.6) is 11.5 Å². The largest absolute Gasteiger partial charge is 0.455 e. The van der Waals surface area contributed by atoms with Crippen LogP contribution in [0.15, 0.2) is 42.5 Å². The Morgan fingerprint density at radius 2 is 2.05 bits per heavy atom. The molecule has 1 saturated heterocycles. The van der Waals surface area contributed by atoms with Gasteiger partial charge in [0.2, 0.25) is 0 Å². The van der Waals surface area contributed by atoms with Gasteiger partial charge in [-0.1, -0.05) is 41.9 Å². The van der Waals surface area contributed by atoms with E-state index in [2.05, 4.69) is 11.9 Å². The summed E-state index contributed by atoms with van der Waals surface area (Å²) in [6, 6.07) is 13.6. The van der Waals surface area contributed by atoms with Gasteiger partial charge in [0.15, 0.2) is 5.75 Å². The predicted molar refractivity (Wildman–Crippen MR) is 86.7 cm³/mol. The second-order valence-corrected chi connectivity index (χ2v) is 6.65. The van der Waals surface area contributed by atoms with Gasteiger partial charge < -0.3 is 14.7 Å². The van der Waals surface area contributed by atoms with E-state index in [1.807, 2.05) is 42.5 Å². The zero-order valence-electron chi connectivity index (χ0n) is 12.4. The first-order chi connectivity index (χ1) is 10.6. The Morgan fingerprint density at radius 3 is 2.91 bits per heavy atom. The number of hydrogen-bond donors (Lipinski definition) is 1. The van der Waals surface area contributed by atoms with E-state index in [9.17, 15) is 5.11 Å². The summed E-state index contributed by atoms with van der Waals surface area (Å²) < 4.78 is 6.12. The summed E-state index contributed by atoms with van der Waals surface area (Å²) in [6.07, 6.45) is 0.666. The third kappa shape index (κ3) is 1.97. The molecule has 114 valence electrons. The van der Waals surface area contributed by atoms with Crippen LogP contribution in [0.25, 0.3) is 0 Å². The first-order valence-electron chi connectivity index (χ1n) is 7.56. The molecule has 2 aromatic carbocycles. The Kier molecular flexibility index (Phi) is 3.19. The molecule has 4 rings (SSSR count). The van der Waals surface area contributed by atoms with Gasteiger partial charge in [-0.05, 0) is 25.6 Å². The molecule has 0 bridgehead atoms. The van der Waals surface area contributed by atoms with Gasteiger partial charge in [0.25, 0.3) is 0 Å². The first kappa shape index (κ1) is 14.1. The van der Waals surface area contributed by atoms with Crippen LogP contribution in [0.4, 0.5) is 0 Å². The Morgan fingerprint density at radius 1 is 1.23 bits per heavy atom. The number of fused-ring (bicyclic) bond motifs is 5. The molecular formula is C18H18ClNO2. The van der Waals surface area contributed by atoms with Gasteiger partial charge in [-0.2, -0.15) is 0 Å². The molecule has 2 aliphatic heterocycles. The van der Waals surface area contributed by atoms with Crippen LogP contribution in [0.1, 0.15) is 23.5 Å². The molecule has 0 aliphatic carbocycles. The lowest BCUT2D eigenvalue weighted by Gasteiger charge is -2.43. The Labute approximate surface area is 135 Å². The van der Waals surface area contributed by atoms with E-state index in [1.165, 1.54) is 0 Å². The minimum atomic E-state index is -0.945. The molecule has 2 aliphatic rings. The van der Waals surface area contributed by atoms with Crippen LogP contribution < -0.4 is 4.74 Å². The third-order valence-electron chi connectivity index (χ3n) is 4.89. The SMILES string of the molecule is CN1CC[C@]2(O)c3cccc(Cl)c3Oc3ccccc3[C@@H]2C1. The molecule has 1 N–H and O–H groups in total. The summed E-state index contributed by atoms with van der Waals surface area (Å²) in [7, 11) is 2.09. The lowest BCUT2D eigenvalue weighted by Crippen LogP contribution is -2.46. The number of benzene rings is 2. The van der Waals surface area contributed by atoms with Gasteiger partial charge in [-0.3, -0.25) is 0 Å². The van der Waals surface area contributed by atoms with E-state index in [0.717, 1.165) is 30.0 Å². The Bertz CT molecular complexity index is 733. The van der Waals surface area contributed by atoms with Crippen molar-refractivity contribution in [2.45, 2.75) is 17.9 Å². The molecule has 0 aromatic heterocycles. The van der Waals surface area contributed by atoms with Crippen LogP contribution in [0.2, 0.25) is 5.02 Å². The number of likely N-dealkylation sites (tertiary alicyclic amines) is 1. The average molecular weight is 316 g/mol. The van der Waals surface area contributed by atoms with Crippen LogP contribution in [-0.4, -0.2) is 30.1 Å². The topological polar surface area (TPSA) is 32.7 Å². The van der Waals surface area contributed by atoms with Crippen molar-refractivity contribution in [1.29, 1.82) is 0 Å². The third-order valence-corrected chi connectivity index (χ3v) is 5.18. The number of hydrogen-bond acceptors (Lipinski definition) is 3. The average Bonchev–Trinajstić information content (AvgIpc) is 2.62. The normalized spacial score (nSPS) is 27.1. The maximum absolute atomic E-state index is 11.5. The Hall–Kier alpha value is -1.55. The van der Waals surface area contributed by atoms with E-state index in [0.29, 0.717) is 17.2 Å². The molecule has 2 aromatic rings. The monoisotopic (exact) mass is 315 g/mol. The van der Waals surface area contributed by atoms with Gasteiger partial charge in [0.05, 0.1) is 5.02 Å². The highest BCUT2D eigenvalue weighted by Crippen LogP contribution is 2.53. The number of likely N-dealkylation sites (N-methyl/N-ethyl adjacent to an activating group) is 1. The van der Waals surface area contributed by atoms with Crippen LogP contribution in [0, 0.1) is 0 Å². The summed E-state index contributed by atoms with van der Waals surface area (Å²) in [4.78, 5) is 2.26. The number of rotatable bonds is 0. The number of piperidine rings is 1. The number of aliphatic hydroxyl groups is 1. The highest BCUT2D eigenvalue weighted by Gasteiger charge is 2.47. The van der Waals surface area contributed by atoms with Gasteiger partial charge in [-0.15, -0.1) is 0 Å².